The van der Waals surface area contributed by atoms with E-state index in [9.17, 15) is 4.79 Å². The monoisotopic (exact) mass is 223 g/mol. The molecule has 2 aliphatic rings. The van der Waals surface area contributed by atoms with Gasteiger partial charge in [0, 0.05) is 12.8 Å². The van der Waals surface area contributed by atoms with Gasteiger partial charge in [0.1, 0.15) is 5.78 Å². The van der Waals surface area contributed by atoms with Gasteiger partial charge in [0.2, 0.25) is 0 Å². The molecule has 2 heteroatoms. The first kappa shape index (κ1) is 12.1. The molecule has 2 fully saturated rings. The van der Waals surface area contributed by atoms with Crippen LogP contribution in [0.3, 0.4) is 0 Å². The Kier molecular flexibility index (Phi) is 4.39. The predicted molar refractivity (Wildman–Crippen MR) is 66.1 cm³/mol. The predicted octanol–water partition coefficient (Wildman–Crippen LogP) is 2.90. The van der Waals surface area contributed by atoms with Crippen LogP contribution in [-0.4, -0.2) is 12.3 Å². The van der Waals surface area contributed by atoms with E-state index in [2.05, 4.69) is 0 Å². The average Bonchev–Trinajstić information content (AvgIpc) is 2.86. The maximum atomic E-state index is 11.8. The van der Waals surface area contributed by atoms with Gasteiger partial charge in [-0.15, -0.1) is 0 Å². The number of carbonyl (C=O) groups is 1. The zero-order valence-corrected chi connectivity index (χ0v) is 10.3. The number of hydrogen-bond donors (Lipinski definition) is 1. The summed E-state index contributed by atoms with van der Waals surface area (Å²) in [6.07, 6.45) is 10.5. The second-order valence-corrected chi connectivity index (χ2v) is 5.78. The minimum atomic E-state index is 0.509. The molecule has 0 aliphatic heterocycles. The Balaban J connectivity index is 1.60. The molecule has 0 amide bonds. The lowest BCUT2D eigenvalue weighted by atomic mass is 9.84. The summed E-state index contributed by atoms with van der Waals surface area (Å²) in [5.74, 6) is 3.13. The lowest BCUT2D eigenvalue weighted by Crippen LogP contribution is -2.15. The quantitative estimate of drug-likeness (QED) is 0.674. The summed E-state index contributed by atoms with van der Waals surface area (Å²) < 4.78 is 0. The molecule has 0 aromatic carbocycles. The van der Waals surface area contributed by atoms with Crippen molar-refractivity contribution in [2.75, 3.05) is 6.54 Å². The summed E-state index contributed by atoms with van der Waals surface area (Å²) in [6, 6.07) is 0. The summed E-state index contributed by atoms with van der Waals surface area (Å²) in [6.45, 7) is 0.764. The summed E-state index contributed by atoms with van der Waals surface area (Å²) in [7, 11) is 0. The summed E-state index contributed by atoms with van der Waals surface area (Å²) in [5, 5.41) is 0. The molecule has 2 N–H and O–H groups in total. The zero-order valence-electron chi connectivity index (χ0n) is 10.3. The highest BCUT2D eigenvalue weighted by Gasteiger charge is 2.39. The van der Waals surface area contributed by atoms with Gasteiger partial charge in [-0.2, -0.15) is 0 Å². The molecule has 0 heterocycles. The van der Waals surface area contributed by atoms with Crippen LogP contribution in [0, 0.1) is 17.8 Å². The minimum Gasteiger partial charge on any atom is -0.330 e. The summed E-state index contributed by atoms with van der Waals surface area (Å²) in [4.78, 5) is 11.8. The van der Waals surface area contributed by atoms with Crippen LogP contribution in [0.4, 0.5) is 0 Å². The smallest absolute Gasteiger partial charge is 0.133 e. The van der Waals surface area contributed by atoms with Crippen molar-refractivity contribution in [3.63, 3.8) is 0 Å². The van der Waals surface area contributed by atoms with Crippen molar-refractivity contribution in [1.29, 1.82) is 0 Å². The highest BCUT2D eigenvalue weighted by molar-refractivity contribution is 5.78. The van der Waals surface area contributed by atoms with Crippen molar-refractivity contribution in [3.05, 3.63) is 0 Å². The van der Waals surface area contributed by atoms with E-state index in [0.717, 1.165) is 56.4 Å². The van der Waals surface area contributed by atoms with Crippen LogP contribution in [-0.2, 0) is 4.79 Å². The fourth-order valence-electron chi connectivity index (χ4n) is 3.66. The maximum Gasteiger partial charge on any atom is 0.133 e. The highest BCUT2D eigenvalue weighted by atomic mass is 16.1. The molecule has 0 aromatic rings. The van der Waals surface area contributed by atoms with E-state index in [1.807, 2.05) is 0 Å². The third-order valence-corrected chi connectivity index (χ3v) is 4.53. The first-order chi connectivity index (χ1) is 7.79. The van der Waals surface area contributed by atoms with Crippen LogP contribution in [0.2, 0.25) is 0 Å². The molecule has 2 saturated carbocycles. The molecule has 92 valence electrons. The summed E-state index contributed by atoms with van der Waals surface area (Å²) in [5.41, 5.74) is 5.43. The molecule has 16 heavy (non-hydrogen) atoms. The molecule has 2 aliphatic carbocycles. The van der Waals surface area contributed by atoms with Crippen LogP contribution >= 0.6 is 0 Å². The number of fused-ring (bicyclic) bond motifs is 2. The van der Waals surface area contributed by atoms with E-state index in [1.54, 1.807) is 0 Å². The van der Waals surface area contributed by atoms with E-state index >= 15 is 0 Å². The van der Waals surface area contributed by atoms with Crippen molar-refractivity contribution >= 4 is 5.78 Å². The Bertz CT molecular complexity index is 239. The van der Waals surface area contributed by atoms with Gasteiger partial charge >= 0.3 is 0 Å². The van der Waals surface area contributed by atoms with Crippen molar-refractivity contribution < 1.29 is 4.79 Å². The first-order valence-corrected chi connectivity index (χ1v) is 7.01. The van der Waals surface area contributed by atoms with Gasteiger partial charge < -0.3 is 5.73 Å². The molecular formula is C14H25NO. The van der Waals surface area contributed by atoms with Crippen LogP contribution < -0.4 is 5.73 Å². The van der Waals surface area contributed by atoms with Crippen molar-refractivity contribution in [3.8, 4) is 0 Å². The maximum absolute atomic E-state index is 11.8. The number of nitrogens with two attached hydrogens (primary N) is 1. The van der Waals surface area contributed by atoms with Gasteiger partial charge in [-0.25, -0.2) is 0 Å². The van der Waals surface area contributed by atoms with Crippen molar-refractivity contribution in [2.45, 2.75) is 57.8 Å². The second-order valence-electron chi connectivity index (χ2n) is 5.78. The van der Waals surface area contributed by atoms with Crippen molar-refractivity contribution in [2.24, 2.45) is 23.5 Å². The Morgan fingerprint density at radius 2 is 2.00 bits per heavy atom. The van der Waals surface area contributed by atoms with Crippen LogP contribution in [0.25, 0.3) is 0 Å². The average molecular weight is 223 g/mol. The number of Topliss-reactive ketones (excluding diaryl/α,β-unsaturated/α-hetero) is 1. The standard InChI is InChI=1S/C14H25NO/c15-7-3-1-2-4-14(16)10-13-9-11-5-6-12(13)8-11/h11-13H,1-10,15H2. The minimum absolute atomic E-state index is 0.509. The number of carbonyl (C=O) groups excluding carboxylic acids is 1. The van der Waals surface area contributed by atoms with Gasteiger partial charge in [-0.1, -0.05) is 12.8 Å². The Morgan fingerprint density at radius 3 is 2.62 bits per heavy atom. The second kappa shape index (κ2) is 5.81. The molecule has 0 spiro atoms. The zero-order chi connectivity index (χ0) is 11.4. The van der Waals surface area contributed by atoms with Gasteiger partial charge in [0.25, 0.3) is 0 Å². The number of rotatable bonds is 7. The largest absolute Gasteiger partial charge is 0.330 e. The van der Waals surface area contributed by atoms with Gasteiger partial charge in [0.05, 0.1) is 0 Å². The number of ketones is 1. The highest BCUT2D eigenvalue weighted by Crippen LogP contribution is 2.49. The third kappa shape index (κ3) is 3.07. The topological polar surface area (TPSA) is 43.1 Å². The molecule has 2 bridgehead atoms. The normalized spacial score (nSPS) is 32.2. The fourth-order valence-corrected chi connectivity index (χ4v) is 3.66. The Labute approximate surface area is 99.0 Å². The van der Waals surface area contributed by atoms with Crippen LogP contribution in [0.5, 0.6) is 0 Å². The van der Waals surface area contributed by atoms with Crippen LogP contribution in [0.1, 0.15) is 57.8 Å². The summed E-state index contributed by atoms with van der Waals surface area (Å²) >= 11 is 0. The van der Waals surface area contributed by atoms with Gasteiger partial charge in [-0.3, -0.25) is 4.79 Å². The van der Waals surface area contributed by atoms with E-state index < -0.39 is 0 Å². The molecular weight excluding hydrogens is 198 g/mol. The number of unbranched alkanes of at least 4 members (excludes halogenated alkanes) is 2. The Morgan fingerprint density at radius 1 is 1.12 bits per heavy atom. The SMILES string of the molecule is NCCCCCC(=O)CC1CC2CCC1C2. The van der Waals surface area contributed by atoms with E-state index in [1.165, 1.54) is 25.7 Å². The lowest BCUT2D eigenvalue weighted by molar-refractivity contribution is -0.120. The fraction of sp³-hybridized carbons (Fsp3) is 0.929. The van der Waals surface area contributed by atoms with Gasteiger partial charge in [0.15, 0.2) is 0 Å². The van der Waals surface area contributed by atoms with E-state index in [4.69, 9.17) is 5.73 Å². The molecule has 0 aromatic heterocycles. The van der Waals surface area contributed by atoms with Crippen molar-refractivity contribution in [1.82, 2.24) is 0 Å². The lowest BCUT2D eigenvalue weighted by Gasteiger charge is -2.20. The van der Waals surface area contributed by atoms with Crippen LogP contribution in [0.15, 0.2) is 0 Å². The first-order valence-electron chi connectivity index (χ1n) is 7.01. The van der Waals surface area contributed by atoms with Gasteiger partial charge in [-0.05, 0) is 56.4 Å². The third-order valence-electron chi connectivity index (χ3n) is 4.53. The molecule has 2 nitrogen and oxygen atoms in total. The molecule has 0 saturated heterocycles. The molecule has 3 atom stereocenters. The molecule has 3 unspecified atom stereocenters. The number of hydrogen-bond acceptors (Lipinski definition) is 2. The molecule has 2 rings (SSSR count). The van der Waals surface area contributed by atoms with E-state index in [0.29, 0.717) is 5.78 Å². The van der Waals surface area contributed by atoms with E-state index in [-0.39, 0.29) is 0 Å². The Hall–Kier alpha value is -0.370. The molecule has 0 radical (unpaired) electrons.